The van der Waals surface area contributed by atoms with Gasteiger partial charge in [-0.15, -0.1) is 11.3 Å². The SMILES string of the molecule is CC(C)Oc1ccc(-c2nc(C(=O)N3CCCC(C(=O)NCC4CC4)C3)cs2)cc1. The van der Waals surface area contributed by atoms with Crippen LogP contribution in [0.4, 0.5) is 0 Å². The van der Waals surface area contributed by atoms with Crippen LogP contribution in [0, 0.1) is 11.8 Å². The minimum absolute atomic E-state index is 0.0853. The molecule has 0 radical (unpaired) electrons. The maximum Gasteiger partial charge on any atom is 0.273 e. The van der Waals surface area contributed by atoms with Gasteiger partial charge in [-0.3, -0.25) is 9.59 Å². The van der Waals surface area contributed by atoms with E-state index >= 15 is 0 Å². The fourth-order valence-corrected chi connectivity index (χ4v) is 4.50. The van der Waals surface area contributed by atoms with Gasteiger partial charge in [-0.2, -0.15) is 0 Å². The zero-order valence-corrected chi connectivity index (χ0v) is 18.4. The average Bonchev–Trinajstić information content (AvgIpc) is 3.45. The summed E-state index contributed by atoms with van der Waals surface area (Å²) in [5.74, 6) is 1.36. The highest BCUT2D eigenvalue weighted by Crippen LogP contribution is 2.29. The summed E-state index contributed by atoms with van der Waals surface area (Å²) in [4.78, 5) is 31.8. The Morgan fingerprint density at radius 2 is 2.00 bits per heavy atom. The lowest BCUT2D eigenvalue weighted by Gasteiger charge is -2.31. The smallest absolute Gasteiger partial charge is 0.273 e. The van der Waals surface area contributed by atoms with Gasteiger partial charge in [0.1, 0.15) is 16.5 Å². The van der Waals surface area contributed by atoms with Gasteiger partial charge in [0.05, 0.1) is 12.0 Å². The minimum Gasteiger partial charge on any atom is -0.491 e. The fraction of sp³-hybridized carbons (Fsp3) is 0.522. The van der Waals surface area contributed by atoms with E-state index < -0.39 is 0 Å². The van der Waals surface area contributed by atoms with E-state index in [4.69, 9.17) is 4.74 Å². The van der Waals surface area contributed by atoms with Crippen LogP contribution in [0.25, 0.3) is 10.6 Å². The first kappa shape index (κ1) is 20.8. The van der Waals surface area contributed by atoms with Crippen molar-refractivity contribution in [3.05, 3.63) is 35.3 Å². The second-order valence-electron chi connectivity index (χ2n) is 8.51. The molecule has 6 nitrogen and oxygen atoms in total. The third-order valence-corrected chi connectivity index (χ3v) is 6.43. The Balaban J connectivity index is 1.37. The van der Waals surface area contributed by atoms with Crippen molar-refractivity contribution in [2.45, 2.75) is 45.6 Å². The predicted octanol–water partition coefficient (Wildman–Crippen LogP) is 3.98. The van der Waals surface area contributed by atoms with Crippen LogP contribution in [0.2, 0.25) is 0 Å². The number of aromatic nitrogens is 1. The highest BCUT2D eigenvalue weighted by atomic mass is 32.1. The molecule has 0 spiro atoms. The van der Waals surface area contributed by atoms with E-state index in [1.54, 1.807) is 4.90 Å². The van der Waals surface area contributed by atoms with Crippen LogP contribution in [0.15, 0.2) is 29.6 Å². The van der Waals surface area contributed by atoms with E-state index in [1.165, 1.54) is 24.2 Å². The predicted molar refractivity (Wildman–Crippen MR) is 118 cm³/mol. The Hall–Kier alpha value is -2.41. The Bertz CT molecular complexity index is 889. The van der Waals surface area contributed by atoms with Crippen LogP contribution in [0.1, 0.15) is 50.0 Å². The molecule has 4 rings (SSSR count). The van der Waals surface area contributed by atoms with Gasteiger partial charge in [-0.1, -0.05) is 0 Å². The normalized spacial score (nSPS) is 19.0. The number of ether oxygens (including phenoxy) is 1. The van der Waals surface area contributed by atoms with Crippen LogP contribution < -0.4 is 10.1 Å². The molecule has 2 amide bonds. The molecule has 160 valence electrons. The number of carbonyl (C=O) groups is 2. The van der Waals surface area contributed by atoms with Crippen LogP contribution in [-0.4, -0.2) is 47.4 Å². The van der Waals surface area contributed by atoms with Crippen molar-refractivity contribution in [3.8, 4) is 16.3 Å². The molecule has 1 aromatic heterocycles. The van der Waals surface area contributed by atoms with E-state index in [-0.39, 0.29) is 23.8 Å². The Kier molecular flexibility index (Phi) is 6.37. The lowest BCUT2D eigenvalue weighted by Crippen LogP contribution is -2.45. The Morgan fingerprint density at radius 1 is 1.23 bits per heavy atom. The van der Waals surface area contributed by atoms with Crippen LogP contribution in [0.3, 0.4) is 0 Å². The number of nitrogens with one attached hydrogen (secondary N) is 1. The van der Waals surface area contributed by atoms with Crippen molar-refractivity contribution in [1.29, 1.82) is 0 Å². The average molecular weight is 428 g/mol. The Morgan fingerprint density at radius 3 is 2.70 bits per heavy atom. The molecule has 7 heteroatoms. The second-order valence-corrected chi connectivity index (χ2v) is 9.37. The van der Waals surface area contributed by atoms with E-state index in [0.717, 1.165) is 35.7 Å². The molecule has 1 aliphatic heterocycles. The van der Waals surface area contributed by atoms with Gasteiger partial charge in [0.15, 0.2) is 0 Å². The zero-order valence-electron chi connectivity index (χ0n) is 17.6. The quantitative estimate of drug-likeness (QED) is 0.726. The van der Waals surface area contributed by atoms with Crippen molar-refractivity contribution in [2.75, 3.05) is 19.6 Å². The number of benzene rings is 1. The molecular weight excluding hydrogens is 398 g/mol. The zero-order chi connectivity index (χ0) is 21.1. The van der Waals surface area contributed by atoms with Gasteiger partial charge in [-0.05, 0) is 69.7 Å². The van der Waals surface area contributed by atoms with Crippen molar-refractivity contribution in [3.63, 3.8) is 0 Å². The summed E-state index contributed by atoms with van der Waals surface area (Å²) < 4.78 is 5.68. The third kappa shape index (κ3) is 5.19. The van der Waals surface area contributed by atoms with E-state index in [1.807, 2.05) is 43.5 Å². The minimum atomic E-state index is -0.118. The number of hydrogen-bond donors (Lipinski definition) is 1. The summed E-state index contributed by atoms with van der Waals surface area (Å²) in [7, 11) is 0. The molecule has 1 atom stereocenters. The summed E-state index contributed by atoms with van der Waals surface area (Å²) in [6.45, 7) is 5.92. The van der Waals surface area contributed by atoms with Crippen LogP contribution in [0.5, 0.6) is 5.75 Å². The molecule has 30 heavy (non-hydrogen) atoms. The molecule has 2 heterocycles. The van der Waals surface area contributed by atoms with Gasteiger partial charge in [0.25, 0.3) is 5.91 Å². The number of hydrogen-bond acceptors (Lipinski definition) is 5. The molecule has 1 N–H and O–H groups in total. The van der Waals surface area contributed by atoms with Crippen molar-refractivity contribution in [2.24, 2.45) is 11.8 Å². The van der Waals surface area contributed by atoms with Crippen molar-refractivity contribution >= 4 is 23.2 Å². The summed E-state index contributed by atoms with van der Waals surface area (Å²) in [6.07, 6.45) is 4.25. The molecule has 1 saturated carbocycles. The first-order valence-corrected chi connectivity index (χ1v) is 11.7. The highest BCUT2D eigenvalue weighted by molar-refractivity contribution is 7.13. The summed E-state index contributed by atoms with van der Waals surface area (Å²) >= 11 is 1.46. The topological polar surface area (TPSA) is 71.5 Å². The lowest BCUT2D eigenvalue weighted by atomic mass is 9.97. The highest BCUT2D eigenvalue weighted by Gasteiger charge is 2.31. The molecule has 1 saturated heterocycles. The number of piperidine rings is 1. The number of nitrogens with zero attached hydrogens (tertiary/aromatic N) is 2. The van der Waals surface area contributed by atoms with Gasteiger partial charge in [-0.25, -0.2) is 4.98 Å². The first-order valence-electron chi connectivity index (χ1n) is 10.8. The number of thiazole rings is 1. The molecule has 1 aromatic carbocycles. The molecule has 2 aliphatic rings. The number of amides is 2. The first-order chi connectivity index (χ1) is 14.5. The van der Waals surface area contributed by atoms with Gasteiger partial charge >= 0.3 is 0 Å². The monoisotopic (exact) mass is 427 g/mol. The second kappa shape index (κ2) is 9.16. The molecule has 1 unspecified atom stereocenters. The lowest BCUT2D eigenvalue weighted by molar-refractivity contribution is -0.126. The molecule has 2 aromatic rings. The summed E-state index contributed by atoms with van der Waals surface area (Å²) in [5.41, 5.74) is 1.42. The van der Waals surface area contributed by atoms with E-state index in [9.17, 15) is 9.59 Å². The largest absolute Gasteiger partial charge is 0.491 e. The van der Waals surface area contributed by atoms with Crippen LogP contribution in [-0.2, 0) is 4.79 Å². The van der Waals surface area contributed by atoms with E-state index in [0.29, 0.717) is 24.7 Å². The van der Waals surface area contributed by atoms with Crippen molar-refractivity contribution in [1.82, 2.24) is 15.2 Å². The number of carbonyl (C=O) groups excluding carboxylic acids is 2. The number of likely N-dealkylation sites (tertiary alicyclic amines) is 1. The third-order valence-electron chi connectivity index (χ3n) is 5.54. The fourth-order valence-electron chi connectivity index (χ4n) is 3.70. The molecule has 2 fully saturated rings. The molecule has 1 aliphatic carbocycles. The Labute approximate surface area is 181 Å². The van der Waals surface area contributed by atoms with Gasteiger partial charge < -0.3 is 15.0 Å². The maximum atomic E-state index is 13.0. The molecular formula is C23H29N3O3S. The van der Waals surface area contributed by atoms with Crippen LogP contribution >= 0.6 is 11.3 Å². The molecule has 0 bridgehead atoms. The van der Waals surface area contributed by atoms with Crippen molar-refractivity contribution < 1.29 is 14.3 Å². The standard InChI is InChI=1S/C23H29N3O3S/c1-15(2)29-19-9-7-17(8-10-19)22-25-20(14-30-22)23(28)26-11-3-4-18(13-26)21(27)24-12-16-5-6-16/h7-10,14-16,18H,3-6,11-13H2,1-2H3,(H,24,27). The van der Waals surface area contributed by atoms with Gasteiger partial charge in [0, 0.05) is 30.6 Å². The van der Waals surface area contributed by atoms with Gasteiger partial charge in [0.2, 0.25) is 5.91 Å². The maximum absolute atomic E-state index is 13.0. The summed E-state index contributed by atoms with van der Waals surface area (Å²) in [5, 5.41) is 5.68. The summed E-state index contributed by atoms with van der Waals surface area (Å²) in [6, 6.07) is 7.78. The number of rotatable bonds is 7. The van der Waals surface area contributed by atoms with E-state index in [2.05, 4.69) is 10.3 Å².